The van der Waals surface area contributed by atoms with E-state index in [1.165, 1.54) is 12.1 Å². The molecule has 0 bridgehead atoms. The Kier molecular flexibility index (Phi) is 4.82. The lowest BCUT2D eigenvalue weighted by molar-refractivity contribution is -0.121. The van der Waals surface area contributed by atoms with Crippen molar-refractivity contribution in [2.45, 2.75) is 25.8 Å². The van der Waals surface area contributed by atoms with Crippen LogP contribution in [-0.4, -0.2) is 10.9 Å². The highest BCUT2D eigenvalue weighted by molar-refractivity contribution is 5.76. The molecule has 1 heterocycles. The fraction of sp³-hybridized carbons (Fsp3) is 0.250. The van der Waals surface area contributed by atoms with Crippen LogP contribution in [0.25, 0.3) is 0 Å². The summed E-state index contributed by atoms with van der Waals surface area (Å²) in [4.78, 5) is 16.0. The monoisotopic (exact) mass is 272 g/mol. The van der Waals surface area contributed by atoms with E-state index in [2.05, 4.69) is 10.3 Å². The van der Waals surface area contributed by atoms with Crippen molar-refractivity contribution in [3.63, 3.8) is 0 Å². The molecule has 0 aliphatic carbocycles. The van der Waals surface area contributed by atoms with Crippen LogP contribution in [0.4, 0.5) is 4.39 Å². The van der Waals surface area contributed by atoms with Crippen LogP contribution in [0.5, 0.6) is 0 Å². The molecule has 1 aromatic carbocycles. The standard InChI is InChI=1S/C16H17FN2O/c1-12(15-7-2-3-10-18-15)19-16(20)9-8-13-5-4-6-14(17)11-13/h2-7,10-12H,8-9H2,1H3,(H,19,20). The van der Waals surface area contributed by atoms with E-state index in [0.29, 0.717) is 12.8 Å². The molecule has 1 aromatic heterocycles. The van der Waals surface area contributed by atoms with Gasteiger partial charge >= 0.3 is 0 Å². The largest absolute Gasteiger partial charge is 0.348 e. The average molecular weight is 272 g/mol. The summed E-state index contributed by atoms with van der Waals surface area (Å²) in [6.07, 6.45) is 2.56. The number of aryl methyl sites for hydroxylation is 1. The number of hydrogen-bond acceptors (Lipinski definition) is 2. The van der Waals surface area contributed by atoms with Crippen LogP contribution >= 0.6 is 0 Å². The maximum atomic E-state index is 13.0. The summed E-state index contributed by atoms with van der Waals surface area (Å²) in [5.41, 5.74) is 1.65. The molecule has 1 atom stereocenters. The fourth-order valence-electron chi connectivity index (χ4n) is 1.97. The van der Waals surface area contributed by atoms with Crippen molar-refractivity contribution in [1.29, 1.82) is 0 Å². The summed E-state index contributed by atoms with van der Waals surface area (Å²) >= 11 is 0. The van der Waals surface area contributed by atoms with E-state index >= 15 is 0 Å². The highest BCUT2D eigenvalue weighted by Gasteiger charge is 2.10. The van der Waals surface area contributed by atoms with E-state index in [4.69, 9.17) is 0 Å². The van der Waals surface area contributed by atoms with Gasteiger partial charge in [-0.25, -0.2) is 4.39 Å². The Bertz CT molecular complexity index is 572. The van der Waals surface area contributed by atoms with Crippen molar-refractivity contribution < 1.29 is 9.18 Å². The molecule has 4 heteroatoms. The number of nitrogens with zero attached hydrogens (tertiary/aromatic N) is 1. The normalized spacial score (nSPS) is 11.9. The average Bonchev–Trinajstić information content (AvgIpc) is 2.46. The third-order valence-electron chi connectivity index (χ3n) is 3.04. The lowest BCUT2D eigenvalue weighted by atomic mass is 10.1. The van der Waals surface area contributed by atoms with Crippen molar-refractivity contribution in [3.05, 3.63) is 65.7 Å². The Hall–Kier alpha value is -2.23. The van der Waals surface area contributed by atoms with Crippen LogP contribution in [-0.2, 0) is 11.2 Å². The zero-order valence-electron chi connectivity index (χ0n) is 11.3. The number of hydrogen-bond donors (Lipinski definition) is 1. The number of pyridine rings is 1. The quantitative estimate of drug-likeness (QED) is 0.909. The summed E-state index contributed by atoms with van der Waals surface area (Å²) < 4.78 is 13.0. The summed E-state index contributed by atoms with van der Waals surface area (Å²) in [5, 5.41) is 2.89. The van der Waals surface area contributed by atoms with Crippen LogP contribution in [0, 0.1) is 5.82 Å². The topological polar surface area (TPSA) is 42.0 Å². The van der Waals surface area contributed by atoms with E-state index in [9.17, 15) is 9.18 Å². The maximum Gasteiger partial charge on any atom is 0.220 e. The number of rotatable bonds is 5. The first-order chi connectivity index (χ1) is 9.65. The van der Waals surface area contributed by atoms with E-state index < -0.39 is 0 Å². The van der Waals surface area contributed by atoms with Crippen LogP contribution in [0.15, 0.2) is 48.7 Å². The molecule has 2 aromatic rings. The van der Waals surface area contributed by atoms with Gasteiger partial charge in [0.05, 0.1) is 11.7 Å². The van der Waals surface area contributed by atoms with Crippen LogP contribution in [0.3, 0.4) is 0 Å². The molecule has 0 saturated heterocycles. The molecular formula is C16H17FN2O. The Balaban J connectivity index is 1.84. The number of benzene rings is 1. The number of carbonyl (C=O) groups is 1. The molecule has 0 aliphatic rings. The van der Waals surface area contributed by atoms with E-state index in [-0.39, 0.29) is 17.8 Å². The van der Waals surface area contributed by atoms with Gasteiger partial charge < -0.3 is 5.32 Å². The maximum absolute atomic E-state index is 13.0. The third kappa shape index (κ3) is 4.16. The predicted octanol–water partition coefficient (Wildman–Crippen LogP) is 3.03. The molecule has 104 valence electrons. The van der Waals surface area contributed by atoms with Crippen LogP contribution in [0.2, 0.25) is 0 Å². The lowest BCUT2D eigenvalue weighted by Gasteiger charge is -2.13. The number of carbonyl (C=O) groups excluding carboxylic acids is 1. The molecular weight excluding hydrogens is 255 g/mol. The van der Waals surface area contributed by atoms with Gasteiger partial charge in [-0.05, 0) is 43.2 Å². The second-order valence-corrected chi connectivity index (χ2v) is 4.67. The molecule has 1 unspecified atom stereocenters. The number of halogens is 1. The molecule has 0 aliphatic heterocycles. The van der Waals surface area contributed by atoms with E-state index in [1.807, 2.05) is 31.2 Å². The van der Waals surface area contributed by atoms with Gasteiger partial charge in [0.15, 0.2) is 0 Å². The molecule has 2 rings (SSSR count). The van der Waals surface area contributed by atoms with Crippen molar-refractivity contribution in [2.24, 2.45) is 0 Å². The second kappa shape index (κ2) is 6.80. The highest BCUT2D eigenvalue weighted by atomic mass is 19.1. The molecule has 0 fully saturated rings. The first-order valence-corrected chi connectivity index (χ1v) is 6.60. The highest BCUT2D eigenvalue weighted by Crippen LogP contribution is 2.10. The van der Waals surface area contributed by atoms with E-state index in [1.54, 1.807) is 12.3 Å². The van der Waals surface area contributed by atoms with Crippen molar-refractivity contribution in [2.75, 3.05) is 0 Å². The zero-order valence-corrected chi connectivity index (χ0v) is 11.3. The minimum Gasteiger partial charge on any atom is -0.348 e. The SMILES string of the molecule is CC(NC(=O)CCc1cccc(F)c1)c1ccccn1. The molecule has 20 heavy (non-hydrogen) atoms. The van der Waals surface area contributed by atoms with Gasteiger partial charge in [-0.1, -0.05) is 18.2 Å². The molecule has 0 saturated carbocycles. The van der Waals surface area contributed by atoms with Gasteiger partial charge in [-0.2, -0.15) is 0 Å². The first kappa shape index (κ1) is 14.2. The summed E-state index contributed by atoms with van der Waals surface area (Å²) in [5.74, 6) is -0.336. The van der Waals surface area contributed by atoms with Gasteiger partial charge in [-0.3, -0.25) is 9.78 Å². The van der Waals surface area contributed by atoms with Gasteiger partial charge in [0.2, 0.25) is 5.91 Å². The van der Waals surface area contributed by atoms with Gasteiger partial charge in [0.1, 0.15) is 5.82 Å². The first-order valence-electron chi connectivity index (χ1n) is 6.60. The molecule has 1 amide bonds. The van der Waals surface area contributed by atoms with Gasteiger partial charge in [0.25, 0.3) is 0 Å². The lowest BCUT2D eigenvalue weighted by Crippen LogP contribution is -2.27. The van der Waals surface area contributed by atoms with Gasteiger partial charge in [0, 0.05) is 12.6 Å². The van der Waals surface area contributed by atoms with Crippen LogP contribution in [0.1, 0.15) is 30.6 Å². The number of amides is 1. The summed E-state index contributed by atoms with van der Waals surface area (Å²) in [6, 6.07) is 11.8. The van der Waals surface area contributed by atoms with Crippen molar-refractivity contribution >= 4 is 5.91 Å². The summed E-state index contributed by atoms with van der Waals surface area (Å²) in [6.45, 7) is 1.89. The Labute approximate surface area is 117 Å². The zero-order chi connectivity index (χ0) is 14.4. The fourth-order valence-corrected chi connectivity index (χ4v) is 1.97. The molecule has 0 radical (unpaired) electrons. The molecule has 1 N–H and O–H groups in total. The Morgan fingerprint density at radius 2 is 2.15 bits per heavy atom. The second-order valence-electron chi connectivity index (χ2n) is 4.67. The Morgan fingerprint density at radius 1 is 1.30 bits per heavy atom. The van der Waals surface area contributed by atoms with Crippen molar-refractivity contribution in [1.82, 2.24) is 10.3 Å². The summed E-state index contributed by atoms with van der Waals surface area (Å²) in [7, 11) is 0. The van der Waals surface area contributed by atoms with Gasteiger partial charge in [-0.15, -0.1) is 0 Å². The minimum absolute atomic E-state index is 0.0626. The number of aromatic nitrogens is 1. The minimum atomic E-state index is -0.273. The van der Waals surface area contributed by atoms with Crippen LogP contribution < -0.4 is 5.32 Å². The number of nitrogens with one attached hydrogen (secondary N) is 1. The predicted molar refractivity (Wildman–Crippen MR) is 75.5 cm³/mol. The smallest absolute Gasteiger partial charge is 0.220 e. The van der Waals surface area contributed by atoms with E-state index in [0.717, 1.165) is 11.3 Å². The molecule has 0 spiro atoms. The molecule has 3 nitrogen and oxygen atoms in total. The third-order valence-corrected chi connectivity index (χ3v) is 3.04. The van der Waals surface area contributed by atoms with Crippen molar-refractivity contribution in [3.8, 4) is 0 Å². The Morgan fingerprint density at radius 3 is 2.85 bits per heavy atom.